The Bertz CT molecular complexity index is 297. The SMILES string of the molecule is C=NCc1cccc(OC)c1OC. The van der Waals surface area contributed by atoms with Crippen LogP contribution < -0.4 is 9.47 Å². The van der Waals surface area contributed by atoms with Crippen LogP contribution in [0, 0.1) is 0 Å². The van der Waals surface area contributed by atoms with E-state index in [2.05, 4.69) is 11.7 Å². The molecule has 0 unspecified atom stereocenters. The number of aliphatic imine (C=N–C) groups is 1. The summed E-state index contributed by atoms with van der Waals surface area (Å²) < 4.78 is 10.3. The fraction of sp³-hybridized carbons (Fsp3) is 0.300. The minimum absolute atomic E-state index is 0.542. The molecule has 0 bridgehead atoms. The molecule has 0 spiro atoms. The van der Waals surface area contributed by atoms with Gasteiger partial charge in [-0.1, -0.05) is 12.1 Å². The zero-order chi connectivity index (χ0) is 9.68. The number of rotatable bonds is 4. The monoisotopic (exact) mass is 179 g/mol. The average Bonchev–Trinajstić information content (AvgIpc) is 2.18. The Morgan fingerprint density at radius 2 is 2.08 bits per heavy atom. The molecule has 0 radical (unpaired) electrons. The summed E-state index contributed by atoms with van der Waals surface area (Å²) in [6.45, 7) is 3.98. The highest BCUT2D eigenvalue weighted by Crippen LogP contribution is 2.30. The molecule has 1 aromatic rings. The van der Waals surface area contributed by atoms with Gasteiger partial charge in [-0.05, 0) is 12.8 Å². The molecule has 0 saturated carbocycles. The number of nitrogens with zero attached hydrogens (tertiary/aromatic N) is 1. The van der Waals surface area contributed by atoms with Gasteiger partial charge in [0.2, 0.25) is 0 Å². The van der Waals surface area contributed by atoms with Gasteiger partial charge in [0, 0.05) is 5.56 Å². The summed E-state index contributed by atoms with van der Waals surface area (Å²) in [6, 6.07) is 5.70. The highest BCUT2D eigenvalue weighted by atomic mass is 16.5. The third-order valence-electron chi connectivity index (χ3n) is 1.77. The Hall–Kier alpha value is -1.51. The van der Waals surface area contributed by atoms with Crippen molar-refractivity contribution in [1.82, 2.24) is 0 Å². The summed E-state index contributed by atoms with van der Waals surface area (Å²) in [5, 5.41) is 0. The Kier molecular flexibility index (Phi) is 3.31. The molecule has 0 N–H and O–H groups in total. The van der Waals surface area contributed by atoms with Crippen molar-refractivity contribution in [1.29, 1.82) is 0 Å². The molecule has 3 heteroatoms. The third-order valence-corrected chi connectivity index (χ3v) is 1.77. The summed E-state index contributed by atoms with van der Waals surface area (Å²) in [5.41, 5.74) is 0.983. The molecular weight excluding hydrogens is 166 g/mol. The van der Waals surface area contributed by atoms with Gasteiger partial charge in [-0.25, -0.2) is 0 Å². The largest absolute Gasteiger partial charge is 0.493 e. The van der Waals surface area contributed by atoms with E-state index in [-0.39, 0.29) is 0 Å². The predicted molar refractivity (Wildman–Crippen MR) is 52.8 cm³/mol. The van der Waals surface area contributed by atoms with Crippen LogP contribution in [-0.2, 0) is 6.54 Å². The molecule has 0 fully saturated rings. The van der Waals surface area contributed by atoms with Crippen molar-refractivity contribution in [2.75, 3.05) is 14.2 Å². The van der Waals surface area contributed by atoms with E-state index in [4.69, 9.17) is 9.47 Å². The number of ether oxygens (including phenoxy) is 2. The maximum absolute atomic E-state index is 5.21. The highest BCUT2D eigenvalue weighted by Gasteiger charge is 2.07. The van der Waals surface area contributed by atoms with Crippen LogP contribution in [0.25, 0.3) is 0 Å². The second kappa shape index (κ2) is 4.50. The van der Waals surface area contributed by atoms with Crippen molar-refractivity contribution in [2.45, 2.75) is 6.54 Å². The van der Waals surface area contributed by atoms with Crippen molar-refractivity contribution in [3.8, 4) is 11.5 Å². The lowest BCUT2D eigenvalue weighted by Crippen LogP contribution is -1.94. The number of benzene rings is 1. The van der Waals surface area contributed by atoms with Crippen molar-refractivity contribution in [3.63, 3.8) is 0 Å². The first kappa shape index (κ1) is 9.58. The third kappa shape index (κ3) is 1.99. The molecule has 3 nitrogen and oxygen atoms in total. The van der Waals surface area contributed by atoms with Crippen molar-refractivity contribution < 1.29 is 9.47 Å². The molecule has 0 atom stereocenters. The summed E-state index contributed by atoms with van der Waals surface area (Å²) in [4.78, 5) is 3.80. The van der Waals surface area contributed by atoms with E-state index < -0.39 is 0 Å². The van der Waals surface area contributed by atoms with Crippen LogP contribution in [0.5, 0.6) is 11.5 Å². The minimum atomic E-state index is 0.542. The molecular formula is C10H13NO2. The molecule has 70 valence electrons. The van der Waals surface area contributed by atoms with Gasteiger partial charge in [0.1, 0.15) is 0 Å². The molecule has 0 aliphatic carbocycles. The summed E-state index contributed by atoms with van der Waals surface area (Å²) in [5.74, 6) is 1.46. The van der Waals surface area contributed by atoms with Crippen LogP contribution in [0.3, 0.4) is 0 Å². The van der Waals surface area contributed by atoms with Crippen LogP contribution >= 0.6 is 0 Å². The normalized spacial score (nSPS) is 9.38. The average molecular weight is 179 g/mol. The van der Waals surface area contributed by atoms with Crippen LogP contribution in [0.2, 0.25) is 0 Å². The Balaban J connectivity index is 3.10. The van der Waals surface area contributed by atoms with Crippen LogP contribution in [0.15, 0.2) is 23.2 Å². The summed E-state index contributed by atoms with van der Waals surface area (Å²) in [6.07, 6.45) is 0. The van der Waals surface area contributed by atoms with Crippen LogP contribution in [-0.4, -0.2) is 20.9 Å². The quantitative estimate of drug-likeness (QED) is 0.661. The Morgan fingerprint density at radius 3 is 2.62 bits per heavy atom. The first-order chi connectivity index (χ1) is 6.33. The molecule has 1 rings (SSSR count). The standard InChI is InChI=1S/C10H13NO2/c1-11-7-8-5-4-6-9(12-2)10(8)13-3/h4-6H,1,7H2,2-3H3. The zero-order valence-corrected chi connectivity index (χ0v) is 7.91. The zero-order valence-electron chi connectivity index (χ0n) is 7.91. The lowest BCUT2D eigenvalue weighted by molar-refractivity contribution is 0.352. The van der Waals surface area contributed by atoms with Gasteiger partial charge in [-0.2, -0.15) is 0 Å². The molecule has 0 aliphatic heterocycles. The van der Waals surface area contributed by atoms with Crippen LogP contribution in [0.1, 0.15) is 5.56 Å². The van der Waals surface area contributed by atoms with E-state index in [9.17, 15) is 0 Å². The molecule has 1 aromatic carbocycles. The second-order valence-corrected chi connectivity index (χ2v) is 2.53. The van der Waals surface area contributed by atoms with Crippen molar-refractivity contribution >= 4 is 6.72 Å². The predicted octanol–water partition coefficient (Wildman–Crippen LogP) is 1.90. The lowest BCUT2D eigenvalue weighted by atomic mass is 10.2. The molecule has 13 heavy (non-hydrogen) atoms. The van der Waals surface area contributed by atoms with Gasteiger partial charge >= 0.3 is 0 Å². The van der Waals surface area contributed by atoms with Crippen molar-refractivity contribution in [2.24, 2.45) is 4.99 Å². The molecule has 0 saturated heterocycles. The van der Waals surface area contributed by atoms with E-state index in [0.29, 0.717) is 6.54 Å². The molecule has 0 heterocycles. The van der Waals surface area contributed by atoms with Gasteiger partial charge in [-0.3, -0.25) is 4.99 Å². The maximum atomic E-state index is 5.21. The summed E-state index contributed by atoms with van der Waals surface area (Å²) in [7, 11) is 3.23. The lowest BCUT2D eigenvalue weighted by Gasteiger charge is -2.10. The number of methoxy groups -OCH3 is 2. The maximum Gasteiger partial charge on any atom is 0.165 e. The van der Waals surface area contributed by atoms with Gasteiger partial charge in [0.05, 0.1) is 20.8 Å². The van der Waals surface area contributed by atoms with Gasteiger partial charge in [0.15, 0.2) is 11.5 Å². The topological polar surface area (TPSA) is 30.8 Å². The molecule has 0 amide bonds. The fourth-order valence-corrected chi connectivity index (χ4v) is 1.20. The number of hydrogen-bond donors (Lipinski definition) is 0. The van der Waals surface area contributed by atoms with Gasteiger partial charge in [0.25, 0.3) is 0 Å². The molecule has 0 aliphatic rings. The first-order valence-corrected chi connectivity index (χ1v) is 3.95. The Morgan fingerprint density at radius 1 is 1.31 bits per heavy atom. The number of hydrogen-bond acceptors (Lipinski definition) is 3. The van der Waals surface area contributed by atoms with Gasteiger partial charge < -0.3 is 9.47 Å². The molecule has 0 aromatic heterocycles. The highest BCUT2D eigenvalue weighted by molar-refractivity contribution is 5.46. The minimum Gasteiger partial charge on any atom is -0.493 e. The van der Waals surface area contributed by atoms with E-state index in [0.717, 1.165) is 17.1 Å². The Labute approximate surface area is 78.0 Å². The van der Waals surface area contributed by atoms with E-state index in [1.807, 2.05) is 18.2 Å². The second-order valence-electron chi connectivity index (χ2n) is 2.53. The van der Waals surface area contributed by atoms with Crippen molar-refractivity contribution in [3.05, 3.63) is 23.8 Å². The van der Waals surface area contributed by atoms with E-state index >= 15 is 0 Å². The van der Waals surface area contributed by atoms with Crippen LogP contribution in [0.4, 0.5) is 0 Å². The fourth-order valence-electron chi connectivity index (χ4n) is 1.20. The van der Waals surface area contributed by atoms with E-state index in [1.54, 1.807) is 14.2 Å². The first-order valence-electron chi connectivity index (χ1n) is 3.95. The number of para-hydroxylation sites is 1. The van der Waals surface area contributed by atoms with Gasteiger partial charge in [-0.15, -0.1) is 0 Å². The smallest absolute Gasteiger partial charge is 0.165 e. The summed E-state index contributed by atoms with van der Waals surface area (Å²) >= 11 is 0. The van der Waals surface area contributed by atoms with E-state index in [1.165, 1.54) is 0 Å².